The molecule has 0 radical (unpaired) electrons. The number of hydrogen-bond donors (Lipinski definition) is 1. The highest BCUT2D eigenvalue weighted by atomic mass is 16.2. The first-order chi connectivity index (χ1) is 3.36. The Labute approximate surface area is 43.4 Å². The Bertz CT molecular complexity index is 114. The van der Waals surface area contributed by atoms with Crippen LogP contribution < -0.4 is 5.32 Å². The van der Waals surface area contributed by atoms with Crippen LogP contribution in [0.5, 0.6) is 0 Å². The molecule has 2 heteroatoms. The zero-order valence-electron chi connectivity index (χ0n) is 3.98. The number of rotatable bonds is 0. The lowest BCUT2D eigenvalue weighted by Gasteiger charge is -1.88. The van der Waals surface area contributed by atoms with Crippen LogP contribution in [-0.2, 0) is 4.79 Å². The molecule has 1 aliphatic carbocycles. The van der Waals surface area contributed by atoms with E-state index >= 15 is 0 Å². The van der Waals surface area contributed by atoms with Crippen molar-refractivity contribution < 1.29 is 6.22 Å². The Morgan fingerprint density at radius 2 is 2.71 bits per heavy atom. The van der Waals surface area contributed by atoms with Gasteiger partial charge in [-0.05, 0) is 12.3 Å². The molecule has 40 valence electrons. The molecular formula is C5H9NO. The van der Waals surface area contributed by atoms with E-state index in [1.807, 2.05) is 0 Å². The zero-order chi connectivity index (χ0) is 4.85. The Kier molecular flexibility index (Phi) is 0.412. The Balaban J connectivity index is 0.000000320. The number of carbonyl (C=O) groups excluding carboxylic acids is 1. The van der Waals surface area contributed by atoms with Gasteiger partial charge >= 0.3 is 0 Å². The van der Waals surface area contributed by atoms with Crippen molar-refractivity contribution in [2.24, 2.45) is 5.92 Å². The van der Waals surface area contributed by atoms with Crippen LogP contribution in [0.4, 0.5) is 0 Å². The molecule has 1 amide bonds. The number of carbonyl (C=O) groups is 1. The highest BCUT2D eigenvalue weighted by molar-refractivity contribution is 5.80. The molecule has 1 heterocycles. The van der Waals surface area contributed by atoms with Crippen molar-refractivity contribution in [2.75, 3.05) is 0 Å². The minimum absolute atomic E-state index is 0. The summed E-state index contributed by atoms with van der Waals surface area (Å²) < 4.78 is 0. The Morgan fingerprint density at radius 3 is 3.00 bits per heavy atom. The third-order valence-electron chi connectivity index (χ3n) is 1.72. The van der Waals surface area contributed by atoms with E-state index in [9.17, 15) is 4.79 Å². The van der Waals surface area contributed by atoms with E-state index in [1.54, 1.807) is 0 Å². The molecule has 2 atom stereocenters. The number of nitrogens with one attached hydrogen (secondary N) is 1. The third kappa shape index (κ3) is 0.363. The van der Waals surface area contributed by atoms with Gasteiger partial charge in [0.05, 0.1) is 0 Å². The van der Waals surface area contributed by atoms with Crippen molar-refractivity contribution in [2.45, 2.75) is 18.9 Å². The fourth-order valence-corrected chi connectivity index (χ4v) is 1.15. The maximum atomic E-state index is 10.4. The molecule has 0 spiro atoms. The van der Waals surface area contributed by atoms with Crippen LogP contribution in [0.1, 0.15) is 14.3 Å². The minimum atomic E-state index is 0. The molecular weight excluding hydrogens is 90.1 g/mol. The van der Waals surface area contributed by atoms with E-state index in [2.05, 4.69) is 5.32 Å². The molecule has 2 nitrogen and oxygen atoms in total. The molecule has 1 N–H and O–H groups in total. The summed E-state index contributed by atoms with van der Waals surface area (Å²) in [6, 6.07) is 0.590. The molecule has 0 aromatic heterocycles. The van der Waals surface area contributed by atoms with E-state index < -0.39 is 0 Å². The van der Waals surface area contributed by atoms with Crippen LogP contribution in [0.3, 0.4) is 0 Å². The van der Waals surface area contributed by atoms with Gasteiger partial charge in [0.2, 0.25) is 5.91 Å². The van der Waals surface area contributed by atoms with Gasteiger partial charge in [-0.2, -0.15) is 0 Å². The van der Waals surface area contributed by atoms with Crippen molar-refractivity contribution in [3.8, 4) is 0 Å². The molecule has 0 aromatic rings. The normalized spacial score (nSPS) is 45.4. The standard InChI is InChI=1S/C5H7NO.H2/c7-5-2-3-1-4(3)6-5;/h3-4H,1-2H2,(H,6,7);1H. The maximum Gasteiger partial charge on any atom is 0.220 e. The van der Waals surface area contributed by atoms with Crippen molar-refractivity contribution in [3.63, 3.8) is 0 Å². The van der Waals surface area contributed by atoms with Gasteiger partial charge in [0.1, 0.15) is 0 Å². The van der Waals surface area contributed by atoms with Gasteiger partial charge in [-0.25, -0.2) is 0 Å². The largest absolute Gasteiger partial charge is 0.353 e. The third-order valence-corrected chi connectivity index (χ3v) is 1.72. The topological polar surface area (TPSA) is 29.1 Å². The molecule has 2 fully saturated rings. The average Bonchev–Trinajstić information content (AvgIpc) is 2.15. The summed E-state index contributed by atoms with van der Waals surface area (Å²) >= 11 is 0. The maximum absolute atomic E-state index is 10.4. The second kappa shape index (κ2) is 0.831. The summed E-state index contributed by atoms with van der Waals surface area (Å²) in [5.74, 6) is 0.980. The first-order valence-corrected chi connectivity index (χ1v) is 2.65. The Hall–Kier alpha value is -0.530. The smallest absolute Gasteiger partial charge is 0.220 e. The Morgan fingerprint density at radius 1 is 1.86 bits per heavy atom. The van der Waals surface area contributed by atoms with Gasteiger partial charge in [0, 0.05) is 13.9 Å². The molecule has 2 rings (SSSR count). The lowest BCUT2D eigenvalue weighted by atomic mass is 10.3. The van der Waals surface area contributed by atoms with Crippen LogP contribution in [0, 0.1) is 5.92 Å². The van der Waals surface area contributed by atoms with Crippen LogP contribution in [-0.4, -0.2) is 11.9 Å². The fraction of sp³-hybridized carbons (Fsp3) is 0.800. The summed E-state index contributed by atoms with van der Waals surface area (Å²) in [6.07, 6.45) is 2.04. The lowest BCUT2D eigenvalue weighted by molar-refractivity contribution is -0.119. The summed E-state index contributed by atoms with van der Waals surface area (Å²) in [5.41, 5.74) is 0. The second-order valence-corrected chi connectivity index (χ2v) is 2.37. The quantitative estimate of drug-likeness (QED) is 0.460. The summed E-state index contributed by atoms with van der Waals surface area (Å²) in [4.78, 5) is 10.4. The van der Waals surface area contributed by atoms with Gasteiger partial charge in [-0.3, -0.25) is 4.79 Å². The van der Waals surface area contributed by atoms with E-state index in [4.69, 9.17) is 0 Å². The molecule has 1 aliphatic heterocycles. The van der Waals surface area contributed by atoms with Crippen LogP contribution in [0.25, 0.3) is 0 Å². The minimum Gasteiger partial charge on any atom is -0.353 e. The summed E-state index contributed by atoms with van der Waals surface area (Å²) in [7, 11) is 0. The van der Waals surface area contributed by atoms with E-state index in [0.717, 1.165) is 12.3 Å². The van der Waals surface area contributed by atoms with Crippen molar-refractivity contribution in [1.82, 2.24) is 5.32 Å². The predicted octanol–water partition coefficient (Wildman–Crippen LogP) is 0.141. The van der Waals surface area contributed by atoms with E-state index in [-0.39, 0.29) is 7.33 Å². The molecule has 2 unspecified atom stereocenters. The molecule has 2 aliphatic rings. The SMILES string of the molecule is O=C1CC2CC2N1.[HH]. The van der Waals surface area contributed by atoms with E-state index in [1.165, 1.54) is 6.42 Å². The second-order valence-electron chi connectivity index (χ2n) is 2.37. The molecule has 1 saturated carbocycles. The molecule has 0 bridgehead atoms. The first-order valence-electron chi connectivity index (χ1n) is 2.65. The monoisotopic (exact) mass is 99.1 g/mol. The zero-order valence-corrected chi connectivity index (χ0v) is 3.98. The number of amides is 1. The van der Waals surface area contributed by atoms with Gasteiger partial charge in [0.15, 0.2) is 0 Å². The van der Waals surface area contributed by atoms with Gasteiger partial charge in [-0.1, -0.05) is 0 Å². The highest BCUT2D eigenvalue weighted by Gasteiger charge is 2.45. The highest BCUT2D eigenvalue weighted by Crippen LogP contribution is 2.37. The number of hydrogen-bond acceptors (Lipinski definition) is 1. The fourth-order valence-electron chi connectivity index (χ4n) is 1.15. The molecule has 0 aromatic carbocycles. The number of piperidine rings is 1. The van der Waals surface area contributed by atoms with Gasteiger partial charge in [-0.15, -0.1) is 0 Å². The van der Waals surface area contributed by atoms with E-state index in [0.29, 0.717) is 6.04 Å². The predicted molar refractivity (Wildman–Crippen MR) is 26.8 cm³/mol. The van der Waals surface area contributed by atoms with Crippen molar-refractivity contribution >= 4 is 5.91 Å². The van der Waals surface area contributed by atoms with Crippen molar-refractivity contribution in [3.05, 3.63) is 0 Å². The molecule has 7 heavy (non-hydrogen) atoms. The van der Waals surface area contributed by atoms with Gasteiger partial charge < -0.3 is 5.32 Å². The van der Waals surface area contributed by atoms with Crippen molar-refractivity contribution in [1.29, 1.82) is 0 Å². The van der Waals surface area contributed by atoms with Gasteiger partial charge in [0.25, 0.3) is 0 Å². The molecule has 1 saturated heterocycles. The van der Waals surface area contributed by atoms with Crippen LogP contribution in [0.15, 0.2) is 0 Å². The van der Waals surface area contributed by atoms with Crippen LogP contribution in [0.2, 0.25) is 0 Å². The summed E-state index contributed by atoms with van der Waals surface area (Å²) in [5, 5.41) is 2.85. The van der Waals surface area contributed by atoms with Crippen LogP contribution >= 0.6 is 0 Å². The lowest BCUT2D eigenvalue weighted by Crippen LogP contribution is -2.18. The average molecular weight is 99.1 g/mol. The summed E-state index contributed by atoms with van der Waals surface area (Å²) in [6.45, 7) is 0. The first kappa shape index (κ1) is 3.47. The number of fused-ring (bicyclic) bond motifs is 1.